The molecule has 1 radical (unpaired) electrons. The summed E-state index contributed by atoms with van der Waals surface area (Å²) in [5.74, 6) is 0. The van der Waals surface area contributed by atoms with Crippen LogP contribution < -0.4 is 0 Å². The van der Waals surface area contributed by atoms with Crippen LogP contribution in [0.25, 0.3) is 0 Å². The van der Waals surface area contributed by atoms with Crippen LogP contribution in [-0.2, 0) is 4.79 Å². The van der Waals surface area contributed by atoms with Gasteiger partial charge in [-0.3, -0.25) is 4.79 Å². The molecule has 6 heavy (non-hydrogen) atoms. The SMILES string of the molecule is C=CC(=O)Cl.[Pr]. The largest absolute Gasteiger partial charge is 0.276 e. The van der Waals surface area contributed by atoms with E-state index in [4.69, 9.17) is 11.6 Å². The number of carbonyl (C=O) groups is 1. The third kappa shape index (κ3) is 8.91. The van der Waals surface area contributed by atoms with Crippen molar-refractivity contribution in [3.8, 4) is 0 Å². The summed E-state index contributed by atoms with van der Waals surface area (Å²) in [7, 11) is 0. The van der Waals surface area contributed by atoms with Crippen molar-refractivity contribution in [1.29, 1.82) is 0 Å². The van der Waals surface area contributed by atoms with E-state index in [0.717, 1.165) is 6.08 Å². The van der Waals surface area contributed by atoms with Gasteiger partial charge >= 0.3 is 0 Å². The number of rotatable bonds is 1. The van der Waals surface area contributed by atoms with E-state index in [0.29, 0.717) is 0 Å². The number of hydrogen-bond acceptors (Lipinski definition) is 1. The molecule has 0 aliphatic heterocycles. The van der Waals surface area contributed by atoms with Crippen LogP contribution in [0.1, 0.15) is 0 Å². The number of carbonyl (C=O) groups excluding carboxylic acids is 1. The molecule has 0 spiro atoms. The molecule has 0 aromatic carbocycles. The van der Waals surface area contributed by atoms with Gasteiger partial charge < -0.3 is 0 Å². The molecule has 0 atom stereocenters. The summed E-state index contributed by atoms with van der Waals surface area (Å²) in [6, 6.07) is 0. The van der Waals surface area contributed by atoms with Gasteiger partial charge in [-0.05, 0) is 17.7 Å². The van der Waals surface area contributed by atoms with Gasteiger partial charge in [-0.25, -0.2) is 0 Å². The Morgan fingerprint density at radius 2 is 2.00 bits per heavy atom. The van der Waals surface area contributed by atoms with Gasteiger partial charge in [-0.1, -0.05) is 6.58 Å². The molecule has 0 aliphatic rings. The average Bonchev–Trinajstić information content (AvgIpc) is 1.38. The zero-order valence-corrected chi connectivity index (χ0v) is 7.61. The van der Waals surface area contributed by atoms with Crippen LogP contribution in [0.4, 0.5) is 0 Å². The Hall–Kier alpha value is 1.06. The van der Waals surface area contributed by atoms with Gasteiger partial charge in [0.25, 0.3) is 0 Å². The third-order valence-corrected chi connectivity index (χ3v) is 0.315. The number of halogens is 1. The first-order valence-electron chi connectivity index (χ1n) is 1.09. The molecule has 0 unspecified atom stereocenters. The third-order valence-electron chi connectivity index (χ3n) is 0.160. The van der Waals surface area contributed by atoms with E-state index in [2.05, 4.69) is 6.58 Å². The first-order chi connectivity index (χ1) is 2.27. The van der Waals surface area contributed by atoms with E-state index in [9.17, 15) is 4.79 Å². The number of allylic oxidation sites excluding steroid dienone is 1. The zero-order valence-electron chi connectivity index (χ0n) is 3.15. The molecule has 0 aromatic heterocycles. The second kappa shape index (κ2) is 6.06. The molecular formula is C3H3ClOPr. The van der Waals surface area contributed by atoms with Crippen molar-refractivity contribution >= 4 is 16.8 Å². The van der Waals surface area contributed by atoms with Crippen molar-refractivity contribution in [2.24, 2.45) is 0 Å². The van der Waals surface area contributed by atoms with Crippen LogP contribution in [0.3, 0.4) is 0 Å². The van der Waals surface area contributed by atoms with Gasteiger partial charge in [0.2, 0.25) is 5.24 Å². The van der Waals surface area contributed by atoms with Gasteiger partial charge in [-0.15, -0.1) is 0 Å². The molecule has 0 saturated heterocycles. The monoisotopic (exact) mass is 231 g/mol. The minimum Gasteiger partial charge on any atom is -0.276 e. The van der Waals surface area contributed by atoms with E-state index in [-0.39, 0.29) is 41.3 Å². The van der Waals surface area contributed by atoms with Gasteiger partial charge in [0, 0.05) is 41.3 Å². The Morgan fingerprint density at radius 3 is 2.00 bits per heavy atom. The topological polar surface area (TPSA) is 17.1 Å². The molecule has 0 rings (SSSR count). The molecule has 0 bridgehead atoms. The van der Waals surface area contributed by atoms with E-state index in [1.54, 1.807) is 0 Å². The summed E-state index contributed by atoms with van der Waals surface area (Å²) in [5, 5.41) is -0.509. The molecule has 0 fully saturated rings. The molecule has 3 heteroatoms. The van der Waals surface area contributed by atoms with E-state index < -0.39 is 5.24 Å². The molecule has 0 heterocycles. The van der Waals surface area contributed by atoms with E-state index in [1.807, 2.05) is 0 Å². The van der Waals surface area contributed by atoms with Crippen molar-refractivity contribution in [2.75, 3.05) is 0 Å². The fourth-order valence-corrected chi connectivity index (χ4v) is 0. The second-order valence-electron chi connectivity index (χ2n) is 0.508. The normalized spacial score (nSPS) is 5.50. The minimum absolute atomic E-state index is 0. The van der Waals surface area contributed by atoms with Gasteiger partial charge in [0.05, 0.1) is 0 Å². The molecule has 0 N–H and O–H groups in total. The number of hydrogen-bond donors (Lipinski definition) is 0. The molecule has 1 nitrogen and oxygen atoms in total. The molecule has 0 aliphatic carbocycles. The predicted octanol–water partition coefficient (Wildman–Crippen LogP) is 0.938. The van der Waals surface area contributed by atoms with Crippen LogP contribution in [0.2, 0.25) is 0 Å². The van der Waals surface area contributed by atoms with Crippen LogP contribution >= 0.6 is 11.6 Å². The standard InChI is InChI=1S/C3H3ClO.Pr/c1-2-3(4)5;/h2H,1H2;. The maximum atomic E-state index is 9.46. The van der Waals surface area contributed by atoms with Crippen LogP contribution in [0.5, 0.6) is 0 Å². The molecule has 0 amide bonds. The Kier molecular flexibility index (Phi) is 10.2. The average molecular weight is 231 g/mol. The van der Waals surface area contributed by atoms with Crippen LogP contribution in [0, 0.1) is 41.3 Å². The van der Waals surface area contributed by atoms with E-state index >= 15 is 0 Å². The predicted molar refractivity (Wildman–Crippen MR) is 21.1 cm³/mol. The summed E-state index contributed by atoms with van der Waals surface area (Å²) in [6.07, 6.45) is 1.04. The fraction of sp³-hybridized carbons (Fsp3) is 0. The van der Waals surface area contributed by atoms with Crippen molar-refractivity contribution in [2.45, 2.75) is 0 Å². The Labute approximate surface area is 74.7 Å². The Balaban J connectivity index is 0. The Morgan fingerprint density at radius 1 is 1.83 bits per heavy atom. The quantitative estimate of drug-likeness (QED) is 0.485. The van der Waals surface area contributed by atoms with Crippen molar-refractivity contribution < 1.29 is 46.1 Å². The van der Waals surface area contributed by atoms with Gasteiger partial charge in [0.15, 0.2) is 0 Å². The van der Waals surface area contributed by atoms with E-state index in [1.165, 1.54) is 0 Å². The molecule has 0 saturated carbocycles. The van der Waals surface area contributed by atoms with Crippen LogP contribution in [0.15, 0.2) is 12.7 Å². The maximum Gasteiger partial charge on any atom is 0.244 e. The summed E-state index contributed by atoms with van der Waals surface area (Å²) in [5.41, 5.74) is 0. The smallest absolute Gasteiger partial charge is 0.244 e. The van der Waals surface area contributed by atoms with Crippen molar-refractivity contribution in [3.05, 3.63) is 12.7 Å². The molecular weight excluding hydrogens is 228 g/mol. The first-order valence-corrected chi connectivity index (χ1v) is 1.47. The summed E-state index contributed by atoms with van der Waals surface area (Å²) in [6.45, 7) is 3.08. The zero-order chi connectivity index (χ0) is 4.28. The molecule has 31 valence electrons. The molecule has 0 aromatic rings. The second-order valence-corrected chi connectivity index (χ2v) is 0.881. The summed E-state index contributed by atoms with van der Waals surface area (Å²) < 4.78 is 0. The maximum absolute atomic E-state index is 9.46. The van der Waals surface area contributed by atoms with Crippen molar-refractivity contribution in [1.82, 2.24) is 0 Å². The fourth-order valence-electron chi connectivity index (χ4n) is 0. The Bertz CT molecular complexity index is 61.8. The minimum atomic E-state index is -0.509. The van der Waals surface area contributed by atoms with Gasteiger partial charge in [-0.2, -0.15) is 0 Å². The van der Waals surface area contributed by atoms with Gasteiger partial charge in [0.1, 0.15) is 0 Å². The summed E-state index contributed by atoms with van der Waals surface area (Å²) in [4.78, 5) is 9.46. The van der Waals surface area contributed by atoms with Crippen LogP contribution in [-0.4, -0.2) is 5.24 Å². The summed E-state index contributed by atoms with van der Waals surface area (Å²) >= 11 is 4.71. The van der Waals surface area contributed by atoms with Crippen molar-refractivity contribution in [3.63, 3.8) is 0 Å². The first kappa shape index (κ1) is 10.1.